The molecular formula is C31H33F2N7O4. The molecule has 4 aromatic rings. The van der Waals surface area contributed by atoms with E-state index in [1.54, 1.807) is 15.5 Å². The van der Waals surface area contributed by atoms with Crippen LogP contribution in [0.1, 0.15) is 61.4 Å². The second-order valence-electron chi connectivity index (χ2n) is 11.8. The Kier molecular flexibility index (Phi) is 7.87. The van der Waals surface area contributed by atoms with E-state index in [2.05, 4.69) is 25.5 Å². The second-order valence-corrected chi connectivity index (χ2v) is 11.8. The molecule has 0 saturated heterocycles. The standard InChI is InChI=1S/C31H33F2N7O4/c1-16(2)39-8-9-40-20(13-25(41)28(42)27(40)31(39)44)14-35-30(43)18-5-3-4-17(10-18)11-24-22(33)15-34-29(36-24)26-21-12-19(32)6-7-23(21)37-38-26/h6-7,12-13,15-18,42H,3-5,8-11,14H2,1-2H3,(H,35,43)(H,37,38)/t17-,18+/m1/s1. The Morgan fingerprint density at radius 3 is 2.80 bits per heavy atom. The van der Waals surface area contributed by atoms with E-state index in [1.807, 2.05) is 13.8 Å². The Hall–Kier alpha value is -4.68. The maximum atomic E-state index is 14.8. The van der Waals surface area contributed by atoms with Crippen molar-refractivity contribution in [1.29, 1.82) is 0 Å². The molecule has 1 aliphatic heterocycles. The lowest BCUT2D eigenvalue weighted by Crippen LogP contribution is -2.46. The van der Waals surface area contributed by atoms with Gasteiger partial charge in [-0.25, -0.2) is 18.7 Å². The Labute approximate surface area is 251 Å². The zero-order valence-corrected chi connectivity index (χ0v) is 24.4. The first-order chi connectivity index (χ1) is 21.1. The Balaban J connectivity index is 1.14. The van der Waals surface area contributed by atoms with Crippen molar-refractivity contribution in [2.45, 2.75) is 65.1 Å². The summed E-state index contributed by atoms with van der Waals surface area (Å²) in [6.07, 6.45) is 4.16. The van der Waals surface area contributed by atoms with Gasteiger partial charge in [0.1, 0.15) is 11.5 Å². The summed E-state index contributed by atoms with van der Waals surface area (Å²) in [4.78, 5) is 48.9. The molecule has 1 aliphatic carbocycles. The number of fused-ring (bicyclic) bond motifs is 2. The Morgan fingerprint density at radius 1 is 1.18 bits per heavy atom. The van der Waals surface area contributed by atoms with Crippen LogP contribution in [0, 0.1) is 23.5 Å². The smallest absolute Gasteiger partial charge is 0.274 e. The first kappa shape index (κ1) is 29.4. The molecule has 2 atom stereocenters. The Morgan fingerprint density at radius 2 is 2.00 bits per heavy atom. The minimum Gasteiger partial charge on any atom is -0.503 e. The van der Waals surface area contributed by atoms with Gasteiger partial charge in [0, 0.05) is 42.2 Å². The van der Waals surface area contributed by atoms with Crippen LogP contribution in [-0.4, -0.2) is 59.1 Å². The molecular weight excluding hydrogens is 572 g/mol. The van der Waals surface area contributed by atoms with Crippen LogP contribution < -0.4 is 10.7 Å². The van der Waals surface area contributed by atoms with Crippen molar-refractivity contribution in [2.75, 3.05) is 6.54 Å². The monoisotopic (exact) mass is 605 g/mol. The quantitative estimate of drug-likeness (QED) is 0.291. The lowest BCUT2D eigenvalue weighted by molar-refractivity contribution is -0.126. The van der Waals surface area contributed by atoms with Crippen LogP contribution in [0.4, 0.5) is 8.78 Å². The van der Waals surface area contributed by atoms with E-state index < -0.39 is 28.7 Å². The SMILES string of the molecule is CC(C)N1CCn2c(CNC(=O)[C@H]3CCC[C@@H](Cc4nc(-c5n[nH]c6ccc(F)cc56)ncc4F)C3)cc(=O)c(O)c2C1=O. The fourth-order valence-corrected chi connectivity index (χ4v) is 6.37. The molecule has 0 spiro atoms. The summed E-state index contributed by atoms with van der Waals surface area (Å²) in [5.74, 6) is -2.32. The number of carbonyl (C=O) groups is 2. The number of H-pyrrole nitrogens is 1. The van der Waals surface area contributed by atoms with Crippen LogP contribution in [0.2, 0.25) is 0 Å². The molecule has 230 valence electrons. The molecule has 3 aromatic heterocycles. The number of halogens is 2. The van der Waals surface area contributed by atoms with Crippen LogP contribution in [-0.2, 0) is 24.3 Å². The predicted molar refractivity (Wildman–Crippen MR) is 157 cm³/mol. The summed E-state index contributed by atoms with van der Waals surface area (Å²) < 4.78 is 30.3. The number of hydrogen-bond acceptors (Lipinski definition) is 7. The number of hydrogen-bond donors (Lipinski definition) is 3. The molecule has 11 nitrogen and oxygen atoms in total. The summed E-state index contributed by atoms with van der Waals surface area (Å²) in [6.45, 7) is 4.57. The maximum Gasteiger partial charge on any atom is 0.274 e. The van der Waals surface area contributed by atoms with Crippen molar-refractivity contribution in [3.8, 4) is 17.3 Å². The van der Waals surface area contributed by atoms with Gasteiger partial charge in [0.15, 0.2) is 23.1 Å². The molecule has 2 amide bonds. The van der Waals surface area contributed by atoms with Crippen molar-refractivity contribution < 1.29 is 23.5 Å². The van der Waals surface area contributed by atoms with Gasteiger partial charge in [-0.2, -0.15) is 5.10 Å². The first-order valence-corrected chi connectivity index (χ1v) is 14.8. The molecule has 0 unspecified atom stereocenters. The fraction of sp³-hybridized carbons (Fsp3) is 0.419. The number of aromatic amines is 1. The van der Waals surface area contributed by atoms with Gasteiger partial charge in [-0.3, -0.25) is 19.5 Å². The number of rotatable bonds is 7. The average Bonchev–Trinajstić information content (AvgIpc) is 3.42. The van der Waals surface area contributed by atoms with Crippen LogP contribution in [0.15, 0.2) is 35.3 Å². The number of nitrogens with zero attached hydrogens (tertiary/aromatic N) is 5. The highest BCUT2D eigenvalue weighted by Gasteiger charge is 2.32. The zero-order valence-electron chi connectivity index (χ0n) is 24.4. The minimum atomic E-state index is -0.670. The minimum absolute atomic E-state index is 0.00573. The van der Waals surface area contributed by atoms with Gasteiger partial charge >= 0.3 is 0 Å². The van der Waals surface area contributed by atoms with Gasteiger partial charge in [-0.15, -0.1) is 0 Å². The Bertz CT molecular complexity index is 1820. The van der Waals surface area contributed by atoms with Crippen molar-refractivity contribution in [2.24, 2.45) is 11.8 Å². The molecule has 1 aromatic carbocycles. The molecule has 13 heteroatoms. The lowest BCUT2D eigenvalue weighted by Gasteiger charge is -2.34. The molecule has 3 N–H and O–H groups in total. The highest BCUT2D eigenvalue weighted by molar-refractivity contribution is 5.96. The first-order valence-electron chi connectivity index (χ1n) is 14.8. The van der Waals surface area contributed by atoms with E-state index >= 15 is 0 Å². The van der Waals surface area contributed by atoms with Crippen LogP contribution >= 0.6 is 0 Å². The van der Waals surface area contributed by atoms with Crippen LogP contribution in [0.5, 0.6) is 5.75 Å². The van der Waals surface area contributed by atoms with E-state index in [-0.39, 0.29) is 47.5 Å². The van der Waals surface area contributed by atoms with Gasteiger partial charge < -0.3 is 19.9 Å². The van der Waals surface area contributed by atoms with Gasteiger partial charge in [0.05, 0.1) is 24.0 Å². The number of aromatic hydroxyl groups is 1. The van der Waals surface area contributed by atoms with Gasteiger partial charge in [-0.05, 0) is 57.2 Å². The normalized spacial score (nSPS) is 18.6. The topological polar surface area (TPSA) is 146 Å². The van der Waals surface area contributed by atoms with E-state index in [0.29, 0.717) is 54.6 Å². The molecule has 0 bridgehead atoms. The third-order valence-electron chi connectivity index (χ3n) is 8.66. The highest BCUT2D eigenvalue weighted by Crippen LogP contribution is 2.33. The lowest BCUT2D eigenvalue weighted by atomic mass is 9.79. The van der Waals surface area contributed by atoms with E-state index in [4.69, 9.17) is 0 Å². The third-order valence-corrected chi connectivity index (χ3v) is 8.66. The predicted octanol–water partition coefficient (Wildman–Crippen LogP) is 3.69. The number of benzene rings is 1. The van der Waals surface area contributed by atoms with E-state index in [1.165, 1.54) is 18.2 Å². The number of pyridine rings is 1. The number of carbonyl (C=O) groups excluding carboxylic acids is 2. The molecule has 4 heterocycles. The average molecular weight is 606 g/mol. The zero-order chi connectivity index (χ0) is 31.1. The van der Waals surface area contributed by atoms with Crippen LogP contribution in [0.25, 0.3) is 22.4 Å². The number of nitrogens with one attached hydrogen (secondary N) is 2. The van der Waals surface area contributed by atoms with Crippen molar-refractivity contribution in [3.05, 3.63) is 69.4 Å². The van der Waals surface area contributed by atoms with E-state index in [0.717, 1.165) is 19.0 Å². The summed E-state index contributed by atoms with van der Waals surface area (Å²) in [5.41, 5.74) is 0.870. The number of aromatic nitrogens is 5. The third kappa shape index (κ3) is 5.53. The maximum absolute atomic E-state index is 14.8. The van der Waals surface area contributed by atoms with Gasteiger partial charge in [0.25, 0.3) is 5.91 Å². The molecule has 6 rings (SSSR count). The molecule has 2 aliphatic rings. The van der Waals surface area contributed by atoms with Gasteiger partial charge in [0.2, 0.25) is 11.3 Å². The largest absolute Gasteiger partial charge is 0.503 e. The molecule has 1 fully saturated rings. The van der Waals surface area contributed by atoms with Crippen LogP contribution in [0.3, 0.4) is 0 Å². The summed E-state index contributed by atoms with van der Waals surface area (Å²) >= 11 is 0. The highest BCUT2D eigenvalue weighted by atomic mass is 19.1. The number of amides is 2. The molecule has 1 saturated carbocycles. The fourth-order valence-electron chi connectivity index (χ4n) is 6.37. The van der Waals surface area contributed by atoms with E-state index in [9.17, 15) is 28.3 Å². The van der Waals surface area contributed by atoms with Crippen molar-refractivity contribution in [1.82, 2.24) is 34.9 Å². The summed E-state index contributed by atoms with van der Waals surface area (Å²) in [7, 11) is 0. The molecule has 0 radical (unpaired) electrons. The molecule has 44 heavy (non-hydrogen) atoms. The van der Waals surface area contributed by atoms with Crippen molar-refractivity contribution in [3.63, 3.8) is 0 Å². The van der Waals surface area contributed by atoms with Crippen molar-refractivity contribution >= 4 is 22.7 Å². The second kappa shape index (κ2) is 11.8. The summed E-state index contributed by atoms with van der Waals surface area (Å²) in [6, 6.07) is 5.37. The summed E-state index contributed by atoms with van der Waals surface area (Å²) in [5, 5.41) is 20.8. The van der Waals surface area contributed by atoms with Gasteiger partial charge in [-0.1, -0.05) is 12.8 Å².